The molecule has 2 aliphatic rings. The van der Waals surface area contributed by atoms with Crippen LogP contribution in [0.25, 0.3) is 0 Å². The summed E-state index contributed by atoms with van der Waals surface area (Å²) in [4.78, 5) is 24.0. The largest absolute Gasteiger partial charge is 0.378 e. The van der Waals surface area contributed by atoms with Crippen molar-refractivity contribution in [3.63, 3.8) is 0 Å². The Morgan fingerprint density at radius 3 is 2.88 bits per heavy atom. The highest BCUT2D eigenvalue weighted by molar-refractivity contribution is 5.93. The maximum atomic E-state index is 12.0. The monoisotopic (exact) mass is 331 g/mol. The number of carbonyl (C=O) groups is 2. The van der Waals surface area contributed by atoms with E-state index in [2.05, 4.69) is 16.0 Å². The molecule has 1 aromatic carbocycles. The summed E-state index contributed by atoms with van der Waals surface area (Å²) in [6, 6.07) is 7.73. The van der Waals surface area contributed by atoms with Gasteiger partial charge in [-0.15, -0.1) is 0 Å². The molecule has 3 N–H and O–H groups in total. The van der Waals surface area contributed by atoms with Gasteiger partial charge >= 0.3 is 0 Å². The third-order valence-electron chi connectivity index (χ3n) is 4.59. The first kappa shape index (κ1) is 16.9. The van der Waals surface area contributed by atoms with Gasteiger partial charge in [0.1, 0.15) is 0 Å². The van der Waals surface area contributed by atoms with Gasteiger partial charge in [0.05, 0.1) is 13.2 Å². The van der Waals surface area contributed by atoms with Gasteiger partial charge in [0.2, 0.25) is 11.8 Å². The van der Waals surface area contributed by atoms with E-state index in [0.717, 1.165) is 37.1 Å². The van der Waals surface area contributed by atoms with E-state index in [1.54, 1.807) is 0 Å². The normalized spacial score (nSPS) is 20.9. The van der Waals surface area contributed by atoms with Crippen LogP contribution in [0.1, 0.15) is 31.2 Å². The van der Waals surface area contributed by atoms with Crippen LogP contribution >= 0.6 is 0 Å². The molecule has 130 valence electrons. The second-order valence-electron chi connectivity index (χ2n) is 6.52. The molecule has 1 heterocycles. The molecule has 1 unspecified atom stereocenters. The molecule has 2 amide bonds. The molecule has 0 bridgehead atoms. The molecular weight excluding hydrogens is 306 g/mol. The third-order valence-corrected chi connectivity index (χ3v) is 4.59. The number of hydrogen-bond donors (Lipinski definition) is 3. The minimum Gasteiger partial charge on any atom is -0.378 e. The molecule has 1 aliphatic carbocycles. The van der Waals surface area contributed by atoms with E-state index in [1.807, 2.05) is 24.3 Å². The van der Waals surface area contributed by atoms with Gasteiger partial charge in [-0.1, -0.05) is 18.6 Å². The van der Waals surface area contributed by atoms with Crippen molar-refractivity contribution in [3.05, 3.63) is 29.8 Å². The van der Waals surface area contributed by atoms with Crippen LogP contribution in [-0.2, 0) is 20.9 Å². The fraction of sp³-hybridized carbons (Fsp3) is 0.556. The van der Waals surface area contributed by atoms with Crippen molar-refractivity contribution in [3.8, 4) is 0 Å². The van der Waals surface area contributed by atoms with Crippen LogP contribution in [0.4, 0.5) is 5.69 Å². The Kier molecular flexibility index (Phi) is 5.82. The number of rotatable bonds is 6. The third kappa shape index (κ3) is 4.79. The van der Waals surface area contributed by atoms with Crippen molar-refractivity contribution in [2.75, 3.05) is 25.1 Å². The Hall–Kier alpha value is -1.92. The van der Waals surface area contributed by atoms with Gasteiger partial charge in [-0.2, -0.15) is 0 Å². The Bertz CT molecular complexity index is 581. The van der Waals surface area contributed by atoms with Crippen LogP contribution in [0.5, 0.6) is 0 Å². The molecule has 6 heteroatoms. The summed E-state index contributed by atoms with van der Waals surface area (Å²) in [6.07, 6.45) is 3.53. The van der Waals surface area contributed by atoms with E-state index in [1.165, 1.54) is 0 Å². The van der Waals surface area contributed by atoms with Crippen molar-refractivity contribution in [1.82, 2.24) is 10.6 Å². The molecular formula is C18H25N3O3. The van der Waals surface area contributed by atoms with Crippen molar-refractivity contribution >= 4 is 17.5 Å². The highest BCUT2D eigenvalue weighted by atomic mass is 16.5. The molecule has 1 aromatic rings. The molecule has 24 heavy (non-hydrogen) atoms. The van der Waals surface area contributed by atoms with Crippen LogP contribution in [-0.4, -0.2) is 37.6 Å². The number of hydrogen-bond acceptors (Lipinski definition) is 4. The zero-order valence-electron chi connectivity index (χ0n) is 13.8. The summed E-state index contributed by atoms with van der Waals surface area (Å²) < 4.78 is 5.35. The number of ether oxygens (including phenoxy) is 1. The molecule has 0 spiro atoms. The summed E-state index contributed by atoms with van der Waals surface area (Å²) in [7, 11) is 0. The van der Waals surface area contributed by atoms with E-state index >= 15 is 0 Å². The van der Waals surface area contributed by atoms with Gasteiger partial charge in [-0.05, 0) is 30.5 Å². The van der Waals surface area contributed by atoms with Gasteiger partial charge in [0, 0.05) is 37.2 Å². The fourth-order valence-corrected chi connectivity index (χ4v) is 2.92. The summed E-state index contributed by atoms with van der Waals surface area (Å²) >= 11 is 0. The Labute approximate surface area is 142 Å². The predicted molar refractivity (Wildman–Crippen MR) is 91.5 cm³/mol. The average Bonchev–Trinajstić information content (AvgIpc) is 2.52. The standard InChI is InChI=1S/C18H25N3O3/c22-17(10-16-12-24-8-7-19-16)20-11-13-3-1-6-15(9-13)21-18(23)14-4-2-5-14/h1,3,6,9,14,16,19H,2,4-5,7-8,10-12H2,(H,20,22)(H,21,23). The number of amides is 2. The lowest BCUT2D eigenvalue weighted by Gasteiger charge is -2.24. The minimum absolute atomic E-state index is 0.00177. The zero-order valence-corrected chi connectivity index (χ0v) is 13.8. The van der Waals surface area contributed by atoms with E-state index in [9.17, 15) is 9.59 Å². The Morgan fingerprint density at radius 2 is 2.17 bits per heavy atom. The molecule has 1 saturated carbocycles. The van der Waals surface area contributed by atoms with Crippen LogP contribution < -0.4 is 16.0 Å². The zero-order chi connectivity index (χ0) is 16.8. The predicted octanol–water partition coefficient (Wildman–Crippen LogP) is 1.42. The van der Waals surface area contributed by atoms with Crippen LogP contribution in [0, 0.1) is 5.92 Å². The van der Waals surface area contributed by atoms with Crippen molar-refractivity contribution < 1.29 is 14.3 Å². The van der Waals surface area contributed by atoms with Crippen LogP contribution in [0.2, 0.25) is 0 Å². The highest BCUT2D eigenvalue weighted by Crippen LogP contribution is 2.27. The van der Waals surface area contributed by atoms with Gasteiger partial charge in [-0.25, -0.2) is 0 Å². The lowest BCUT2D eigenvalue weighted by Crippen LogP contribution is -2.44. The quantitative estimate of drug-likeness (QED) is 0.736. The summed E-state index contributed by atoms with van der Waals surface area (Å²) in [6.45, 7) is 2.54. The minimum atomic E-state index is 0.00177. The SMILES string of the molecule is O=C(CC1COCCN1)NCc1cccc(NC(=O)C2CCC2)c1. The second kappa shape index (κ2) is 8.26. The molecule has 2 fully saturated rings. The molecule has 0 aromatic heterocycles. The van der Waals surface area contributed by atoms with Crippen molar-refractivity contribution in [2.24, 2.45) is 5.92 Å². The lowest BCUT2D eigenvalue weighted by atomic mass is 9.85. The molecule has 6 nitrogen and oxygen atoms in total. The Balaban J connectivity index is 1.45. The highest BCUT2D eigenvalue weighted by Gasteiger charge is 2.25. The number of benzene rings is 1. The summed E-state index contributed by atoms with van der Waals surface area (Å²) in [5.41, 5.74) is 1.77. The number of nitrogens with one attached hydrogen (secondary N) is 3. The van der Waals surface area contributed by atoms with E-state index in [-0.39, 0.29) is 23.8 Å². The topological polar surface area (TPSA) is 79.5 Å². The number of anilines is 1. The maximum absolute atomic E-state index is 12.0. The van der Waals surface area contributed by atoms with Crippen LogP contribution in [0.15, 0.2) is 24.3 Å². The molecule has 1 atom stereocenters. The van der Waals surface area contributed by atoms with Gasteiger partial charge in [0.15, 0.2) is 0 Å². The summed E-state index contributed by atoms with van der Waals surface area (Å²) in [5, 5.41) is 9.15. The molecule has 1 saturated heterocycles. The van der Waals surface area contributed by atoms with E-state index in [0.29, 0.717) is 26.2 Å². The Morgan fingerprint density at radius 1 is 1.29 bits per heavy atom. The van der Waals surface area contributed by atoms with E-state index < -0.39 is 0 Å². The molecule has 0 radical (unpaired) electrons. The van der Waals surface area contributed by atoms with Gasteiger partial charge in [-0.3, -0.25) is 9.59 Å². The number of carbonyl (C=O) groups excluding carboxylic acids is 2. The molecule has 1 aliphatic heterocycles. The molecule has 3 rings (SSSR count). The van der Waals surface area contributed by atoms with Crippen molar-refractivity contribution in [2.45, 2.75) is 38.3 Å². The maximum Gasteiger partial charge on any atom is 0.227 e. The average molecular weight is 331 g/mol. The number of morpholine rings is 1. The lowest BCUT2D eigenvalue weighted by molar-refractivity contribution is -0.123. The van der Waals surface area contributed by atoms with Gasteiger partial charge < -0.3 is 20.7 Å². The van der Waals surface area contributed by atoms with Gasteiger partial charge in [0.25, 0.3) is 0 Å². The second-order valence-corrected chi connectivity index (χ2v) is 6.52. The fourth-order valence-electron chi connectivity index (χ4n) is 2.92. The summed E-state index contributed by atoms with van der Waals surface area (Å²) in [5.74, 6) is 0.270. The van der Waals surface area contributed by atoms with Crippen molar-refractivity contribution in [1.29, 1.82) is 0 Å². The van der Waals surface area contributed by atoms with Crippen LogP contribution in [0.3, 0.4) is 0 Å². The first-order valence-corrected chi connectivity index (χ1v) is 8.68. The first-order chi connectivity index (χ1) is 11.7. The first-order valence-electron chi connectivity index (χ1n) is 8.68. The smallest absolute Gasteiger partial charge is 0.227 e. The van der Waals surface area contributed by atoms with E-state index in [4.69, 9.17) is 4.74 Å².